The van der Waals surface area contributed by atoms with Gasteiger partial charge in [-0.2, -0.15) is 0 Å². The summed E-state index contributed by atoms with van der Waals surface area (Å²) in [6.45, 7) is 0. The molecule has 0 fully saturated rings. The third-order valence-electron chi connectivity index (χ3n) is 7.01. The zero-order valence-corrected chi connectivity index (χ0v) is 22.7. The Bertz CT molecular complexity index is 1490. The molecule has 0 radical (unpaired) electrons. The van der Waals surface area contributed by atoms with Gasteiger partial charge in [0.05, 0.1) is 0 Å². The molecule has 0 spiro atoms. The first-order chi connectivity index (χ1) is 17.4. The van der Waals surface area contributed by atoms with Crippen molar-refractivity contribution in [2.45, 2.75) is 0 Å². The van der Waals surface area contributed by atoms with E-state index >= 15 is 0 Å². The summed E-state index contributed by atoms with van der Waals surface area (Å²) in [6.07, 6.45) is 0. The van der Waals surface area contributed by atoms with Gasteiger partial charge in [-0.1, -0.05) is 0 Å². The normalized spacial score (nSPS) is 13.4. The second-order valence-corrected chi connectivity index (χ2v) is 18.9. The van der Waals surface area contributed by atoms with E-state index in [1.165, 1.54) is 39.4 Å². The molecule has 7 rings (SSSR count). The van der Waals surface area contributed by atoms with Crippen molar-refractivity contribution in [2.24, 2.45) is 0 Å². The SMILES string of the molecule is c1ccc(-c2c[c]3c(s2)-c2sc(-c4ccccc4)c[c]2[Ge]3([c]2ccccc2)[c]2ccccc2)cc1. The van der Waals surface area contributed by atoms with Crippen LogP contribution in [-0.4, -0.2) is 13.3 Å². The number of fused-ring (bicyclic) bond motifs is 3. The predicted octanol–water partition coefficient (Wildman–Crippen LogP) is 6.50. The summed E-state index contributed by atoms with van der Waals surface area (Å²) in [4.78, 5) is 5.72. The van der Waals surface area contributed by atoms with Crippen LogP contribution in [0.4, 0.5) is 0 Å². The number of rotatable bonds is 4. The summed E-state index contributed by atoms with van der Waals surface area (Å²) in [5, 5.41) is 0. The van der Waals surface area contributed by atoms with Crippen molar-refractivity contribution < 1.29 is 0 Å². The Morgan fingerprint density at radius 1 is 0.400 bits per heavy atom. The quantitative estimate of drug-likeness (QED) is 0.223. The molecule has 4 aromatic carbocycles. The van der Waals surface area contributed by atoms with Gasteiger partial charge in [-0.15, -0.1) is 0 Å². The van der Waals surface area contributed by atoms with Crippen molar-refractivity contribution in [3.05, 3.63) is 133 Å². The maximum absolute atomic E-state index is 3.16. The van der Waals surface area contributed by atoms with Crippen LogP contribution in [0.15, 0.2) is 133 Å². The van der Waals surface area contributed by atoms with Gasteiger partial charge in [0, 0.05) is 0 Å². The average Bonchev–Trinajstić information content (AvgIpc) is 3.62. The van der Waals surface area contributed by atoms with Crippen molar-refractivity contribution in [2.75, 3.05) is 0 Å². The molecule has 0 nitrogen and oxygen atoms in total. The van der Waals surface area contributed by atoms with E-state index in [-0.39, 0.29) is 0 Å². The van der Waals surface area contributed by atoms with Crippen molar-refractivity contribution >= 4 is 53.5 Å². The third kappa shape index (κ3) is 3.25. The number of hydrogen-bond acceptors (Lipinski definition) is 2. The summed E-state index contributed by atoms with van der Waals surface area (Å²) < 4.78 is 6.20. The van der Waals surface area contributed by atoms with Gasteiger partial charge in [-0.25, -0.2) is 0 Å². The molecule has 0 N–H and O–H groups in total. The van der Waals surface area contributed by atoms with Gasteiger partial charge in [0.15, 0.2) is 0 Å². The van der Waals surface area contributed by atoms with Crippen LogP contribution in [0.1, 0.15) is 0 Å². The fourth-order valence-electron chi connectivity index (χ4n) is 5.48. The van der Waals surface area contributed by atoms with Gasteiger partial charge >= 0.3 is 218 Å². The molecule has 0 saturated heterocycles. The molecule has 166 valence electrons. The molecular weight excluding hydrogens is 521 g/mol. The first kappa shape index (κ1) is 21.1. The Hall–Kier alpha value is -3.18. The van der Waals surface area contributed by atoms with E-state index in [0.29, 0.717) is 0 Å². The molecule has 35 heavy (non-hydrogen) atoms. The fourth-order valence-corrected chi connectivity index (χ4v) is 21.1. The van der Waals surface area contributed by atoms with Gasteiger partial charge in [0.2, 0.25) is 0 Å². The Morgan fingerprint density at radius 3 is 1.11 bits per heavy atom. The summed E-state index contributed by atoms with van der Waals surface area (Å²) in [5.41, 5.74) is 2.62. The predicted molar refractivity (Wildman–Crippen MR) is 156 cm³/mol. The molecule has 0 unspecified atom stereocenters. The zero-order chi connectivity index (χ0) is 23.2. The molecule has 0 saturated carbocycles. The zero-order valence-electron chi connectivity index (χ0n) is 19.0. The maximum atomic E-state index is 2.53. The number of thiophene rings is 2. The molecule has 1 aliphatic heterocycles. The minimum absolute atomic E-state index is 1.31. The Labute approximate surface area is 216 Å². The van der Waals surface area contributed by atoms with E-state index in [4.69, 9.17) is 0 Å². The summed E-state index contributed by atoms with van der Waals surface area (Å²) in [6, 6.07) is 49.5. The molecule has 1 aliphatic rings. The molecule has 0 atom stereocenters. The van der Waals surface area contributed by atoms with Crippen LogP contribution in [-0.2, 0) is 0 Å². The number of benzene rings is 4. The second-order valence-electron chi connectivity index (χ2n) is 8.92. The molecule has 6 aromatic rings. The van der Waals surface area contributed by atoms with Crippen LogP contribution in [0.25, 0.3) is 30.6 Å². The molecule has 3 heterocycles. The summed E-state index contributed by atoms with van der Waals surface area (Å²) in [7, 11) is 0. The first-order valence-electron chi connectivity index (χ1n) is 11.9. The van der Waals surface area contributed by atoms with E-state index < -0.39 is 13.3 Å². The topological polar surface area (TPSA) is 0 Å². The average molecular weight is 543 g/mol. The van der Waals surface area contributed by atoms with Crippen molar-refractivity contribution in [3.63, 3.8) is 0 Å². The van der Waals surface area contributed by atoms with Crippen LogP contribution in [0, 0.1) is 0 Å². The number of hydrogen-bond donors (Lipinski definition) is 0. The standard InChI is InChI=1S/C32H22GeS2/c1-5-13-23(14-6-1)29-21-27-31(34-29)32-28(22-30(35-32)24-15-7-2-8-16-24)33(27,25-17-9-3-10-18-25)26-19-11-4-12-20-26/h1-22H. The third-order valence-corrected chi connectivity index (χ3v) is 20.4. The second kappa shape index (κ2) is 8.49. The molecule has 0 bridgehead atoms. The van der Waals surface area contributed by atoms with Gasteiger partial charge in [-0.05, 0) is 0 Å². The van der Waals surface area contributed by atoms with Gasteiger partial charge < -0.3 is 0 Å². The minimum atomic E-state index is -3.16. The molecule has 0 aliphatic carbocycles. The van der Waals surface area contributed by atoms with Crippen LogP contribution in [0.3, 0.4) is 0 Å². The van der Waals surface area contributed by atoms with Crippen molar-refractivity contribution in [1.29, 1.82) is 0 Å². The van der Waals surface area contributed by atoms with Crippen molar-refractivity contribution in [3.8, 4) is 30.6 Å². The Balaban J connectivity index is 1.58. The van der Waals surface area contributed by atoms with E-state index in [1.54, 1.807) is 8.79 Å². The van der Waals surface area contributed by atoms with E-state index in [2.05, 4.69) is 133 Å². The Kier molecular flexibility index (Phi) is 5.13. The molecule has 2 aromatic heterocycles. The fraction of sp³-hybridized carbons (Fsp3) is 0. The monoisotopic (exact) mass is 544 g/mol. The molecular formula is C32H22GeS2. The van der Waals surface area contributed by atoms with Crippen LogP contribution in [0.5, 0.6) is 0 Å². The molecule has 3 heteroatoms. The van der Waals surface area contributed by atoms with E-state index in [9.17, 15) is 0 Å². The summed E-state index contributed by atoms with van der Waals surface area (Å²) in [5.74, 6) is 0. The van der Waals surface area contributed by atoms with E-state index in [0.717, 1.165) is 0 Å². The Morgan fingerprint density at radius 2 is 0.743 bits per heavy atom. The first-order valence-corrected chi connectivity index (χ1v) is 17.7. The van der Waals surface area contributed by atoms with Gasteiger partial charge in [0.25, 0.3) is 0 Å². The van der Waals surface area contributed by atoms with Crippen LogP contribution in [0.2, 0.25) is 0 Å². The molecule has 0 amide bonds. The van der Waals surface area contributed by atoms with Gasteiger partial charge in [0.1, 0.15) is 0 Å². The van der Waals surface area contributed by atoms with Crippen molar-refractivity contribution in [1.82, 2.24) is 0 Å². The van der Waals surface area contributed by atoms with Crippen LogP contribution >= 0.6 is 22.7 Å². The van der Waals surface area contributed by atoms with Gasteiger partial charge in [-0.3, -0.25) is 0 Å². The van der Waals surface area contributed by atoms with Crippen LogP contribution < -0.4 is 17.6 Å². The summed E-state index contributed by atoms with van der Waals surface area (Å²) >= 11 is 0.788. The van der Waals surface area contributed by atoms with E-state index in [1.807, 2.05) is 22.7 Å².